The van der Waals surface area contributed by atoms with Crippen LogP contribution in [-0.2, 0) is 22.7 Å². The first kappa shape index (κ1) is 14.9. The maximum Gasteiger partial charge on any atom is 0.344 e. The van der Waals surface area contributed by atoms with Crippen molar-refractivity contribution >= 4 is 11.7 Å². The van der Waals surface area contributed by atoms with E-state index in [9.17, 15) is 4.79 Å². The standard InChI is InChI=1S/C15H19N3O3/c1-3-18-13(7-11(2)17-18)9-21-15(19)10-20-14-6-4-5-12(16)8-14/h4-8H,3,9-10,16H2,1-2H3. The van der Waals surface area contributed by atoms with Crippen molar-refractivity contribution in [3.63, 3.8) is 0 Å². The van der Waals surface area contributed by atoms with Crippen LogP contribution in [0.5, 0.6) is 5.75 Å². The number of aromatic nitrogens is 2. The molecular weight excluding hydrogens is 270 g/mol. The number of carbonyl (C=O) groups excluding carboxylic acids is 1. The number of aryl methyl sites for hydroxylation is 2. The number of benzene rings is 1. The van der Waals surface area contributed by atoms with Crippen LogP contribution in [0.4, 0.5) is 5.69 Å². The third-order valence-corrected chi connectivity index (χ3v) is 2.88. The molecule has 0 saturated heterocycles. The van der Waals surface area contributed by atoms with E-state index in [2.05, 4.69) is 5.10 Å². The van der Waals surface area contributed by atoms with E-state index in [1.54, 1.807) is 28.9 Å². The molecule has 6 heteroatoms. The number of ether oxygens (including phenoxy) is 2. The number of hydrogen-bond donors (Lipinski definition) is 1. The molecule has 2 aromatic rings. The van der Waals surface area contributed by atoms with Crippen LogP contribution in [0.2, 0.25) is 0 Å². The molecule has 0 aliphatic rings. The lowest BCUT2D eigenvalue weighted by Gasteiger charge is -2.08. The van der Waals surface area contributed by atoms with Gasteiger partial charge in [0.25, 0.3) is 0 Å². The largest absolute Gasteiger partial charge is 0.482 e. The van der Waals surface area contributed by atoms with Crippen molar-refractivity contribution in [1.29, 1.82) is 0 Å². The Morgan fingerprint density at radius 2 is 2.19 bits per heavy atom. The topological polar surface area (TPSA) is 79.4 Å². The molecule has 112 valence electrons. The maximum atomic E-state index is 11.7. The molecule has 6 nitrogen and oxygen atoms in total. The quantitative estimate of drug-likeness (QED) is 0.649. The van der Waals surface area contributed by atoms with E-state index in [-0.39, 0.29) is 13.2 Å². The van der Waals surface area contributed by atoms with Gasteiger partial charge in [0, 0.05) is 18.3 Å². The minimum atomic E-state index is -0.432. The summed E-state index contributed by atoms with van der Waals surface area (Å²) in [5, 5.41) is 4.29. The van der Waals surface area contributed by atoms with Gasteiger partial charge in [0.2, 0.25) is 0 Å². The van der Waals surface area contributed by atoms with E-state index in [0.29, 0.717) is 11.4 Å². The van der Waals surface area contributed by atoms with E-state index >= 15 is 0 Å². The van der Waals surface area contributed by atoms with Crippen LogP contribution in [0, 0.1) is 6.92 Å². The maximum absolute atomic E-state index is 11.7. The van der Waals surface area contributed by atoms with Crippen LogP contribution in [0.1, 0.15) is 18.3 Å². The summed E-state index contributed by atoms with van der Waals surface area (Å²) in [6.45, 7) is 4.66. The average molecular weight is 289 g/mol. The van der Waals surface area contributed by atoms with Gasteiger partial charge >= 0.3 is 5.97 Å². The van der Waals surface area contributed by atoms with Crippen molar-refractivity contribution < 1.29 is 14.3 Å². The second-order valence-corrected chi connectivity index (χ2v) is 4.61. The van der Waals surface area contributed by atoms with Gasteiger partial charge in [0.15, 0.2) is 6.61 Å². The minimum absolute atomic E-state index is 0.150. The molecule has 0 aliphatic carbocycles. The second kappa shape index (κ2) is 6.78. The first-order valence-corrected chi connectivity index (χ1v) is 6.75. The van der Waals surface area contributed by atoms with Gasteiger partial charge in [-0.25, -0.2) is 4.79 Å². The second-order valence-electron chi connectivity index (χ2n) is 4.61. The molecule has 0 bridgehead atoms. The molecule has 1 heterocycles. The van der Waals surface area contributed by atoms with Crippen molar-refractivity contribution in [3.05, 3.63) is 41.7 Å². The highest BCUT2D eigenvalue weighted by molar-refractivity contribution is 5.71. The van der Waals surface area contributed by atoms with E-state index < -0.39 is 5.97 Å². The van der Waals surface area contributed by atoms with Crippen LogP contribution in [0.25, 0.3) is 0 Å². The zero-order valence-electron chi connectivity index (χ0n) is 12.2. The monoisotopic (exact) mass is 289 g/mol. The van der Waals surface area contributed by atoms with Crippen LogP contribution in [-0.4, -0.2) is 22.4 Å². The van der Waals surface area contributed by atoms with Gasteiger partial charge in [-0.3, -0.25) is 4.68 Å². The predicted molar refractivity (Wildman–Crippen MR) is 78.8 cm³/mol. The summed E-state index contributed by atoms with van der Waals surface area (Å²) in [5.74, 6) is 0.111. The van der Waals surface area contributed by atoms with Gasteiger partial charge in [-0.1, -0.05) is 6.07 Å². The lowest BCUT2D eigenvalue weighted by Crippen LogP contribution is -2.16. The minimum Gasteiger partial charge on any atom is -0.482 e. The Kier molecular flexibility index (Phi) is 4.81. The summed E-state index contributed by atoms with van der Waals surface area (Å²) in [6.07, 6.45) is 0. The van der Waals surface area contributed by atoms with Crippen LogP contribution >= 0.6 is 0 Å². The van der Waals surface area contributed by atoms with Crippen molar-refractivity contribution in [2.24, 2.45) is 0 Å². The fraction of sp³-hybridized carbons (Fsp3) is 0.333. The predicted octanol–water partition coefficient (Wildman–Crippen LogP) is 1.92. The summed E-state index contributed by atoms with van der Waals surface area (Å²) in [7, 11) is 0. The summed E-state index contributed by atoms with van der Waals surface area (Å²) < 4.78 is 12.3. The van der Waals surface area contributed by atoms with Gasteiger partial charge < -0.3 is 15.2 Å². The molecule has 0 aliphatic heterocycles. The highest BCUT2D eigenvalue weighted by atomic mass is 16.6. The van der Waals surface area contributed by atoms with E-state index in [4.69, 9.17) is 15.2 Å². The highest BCUT2D eigenvalue weighted by Crippen LogP contribution is 2.14. The normalized spacial score (nSPS) is 10.4. The van der Waals surface area contributed by atoms with Crippen LogP contribution in [0.3, 0.4) is 0 Å². The molecule has 21 heavy (non-hydrogen) atoms. The fourth-order valence-electron chi connectivity index (χ4n) is 1.93. The molecule has 1 aromatic carbocycles. The van der Waals surface area contributed by atoms with E-state index in [0.717, 1.165) is 17.9 Å². The molecule has 0 amide bonds. The summed E-state index contributed by atoms with van der Waals surface area (Å²) >= 11 is 0. The van der Waals surface area contributed by atoms with Crippen LogP contribution in [0.15, 0.2) is 30.3 Å². The molecule has 0 fully saturated rings. The third-order valence-electron chi connectivity index (χ3n) is 2.88. The molecule has 0 atom stereocenters. The number of rotatable bonds is 6. The molecular formula is C15H19N3O3. The number of nitrogen functional groups attached to an aromatic ring is 1. The van der Waals surface area contributed by atoms with Gasteiger partial charge in [-0.05, 0) is 32.0 Å². The Morgan fingerprint density at radius 3 is 2.90 bits per heavy atom. The molecule has 1 aromatic heterocycles. The van der Waals surface area contributed by atoms with Crippen LogP contribution < -0.4 is 10.5 Å². The lowest BCUT2D eigenvalue weighted by atomic mass is 10.3. The fourth-order valence-corrected chi connectivity index (χ4v) is 1.93. The first-order chi connectivity index (χ1) is 10.1. The van der Waals surface area contributed by atoms with E-state index in [1.165, 1.54) is 0 Å². The Labute approximate surface area is 123 Å². The van der Waals surface area contributed by atoms with Gasteiger partial charge in [0.05, 0.1) is 11.4 Å². The smallest absolute Gasteiger partial charge is 0.344 e. The van der Waals surface area contributed by atoms with Gasteiger partial charge in [-0.15, -0.1) is 0 Å². The number of carbonyl (C=O) groups is 1. The lowest BCUT2D eigenvalue weighted by molar-refractivity contribution is -0.147. The summed E-state index contributed by atoms with van der Waals surface area (Å²) in [4.78, 5) is 11.7. The van der Waals surface area contributed by atoms with Crippen molar-refractivity contribution in [3.8, 4) is 5.75 Å². The Morgan fingerprint density at radius 1 is 1.38 bits per heavy atom. The molecule has 0 radical (unpaired) electrons. The van der Waals surface area contributed by atoms with Crippen molar-refractivity contribution in [1.82, 2.24) is 9.78 Å². The Hall–Kier alpha value is -2.50. The van der Waals surface area contributed by atoms with Gasteiger partial charge in [-0.2, -0.15) is 5.10 Å². The zero-order valence-corrected chi connectivity index (χ0v) is 12.2. The average Bonchev–Trinajstić information content (AvgIpc) is 2.83. The van der Waals surface area contributed by atoms with Crippen molar-refractivity contribution in [2.75, 3.05) is 12.3 Å². The van der Waals surface area contributed by atoms with Crippen molar-refractivity contribution in [2.45, 2.75) is 27.0 Å². The number of esters is 1. The zero-order chi connectivity index (χ0) is 15.2. The molecule has 2 N–H and O–H groups in total. The summed E-state index contributed by atoms with van der Waals surface area (Å²) in [5.41, 5.74) is 7.98. The number of anilines is 1. The number of hydrogen-bond acceptors (Lipinski definition) is 5. The number of nitrogens with zero attached hydrogens (tertiary/aromatic N) is 2. The molecule has 0 spiro atoms. The third kappa shape index (κ3) is 4.24. The van der Waals surface area contributed by atoms with Gasteiger partial charge in [0.1, 0.15) is 12.4 Å². The SMILES string of the molecule is CCn1nc(C)cc1COC(=O)COc1cccc(N)c1. The highest BCUT2D eigenvalue weighted by Gasteiger charge is 2.09. The molecule has 0 saturated carbocycles. The first-order valence-electron chi connectivity index (χ1n) is 6.75. The molecule has 2 rings (SSSR count). The molecule has 0 unspecified atom stereocenters. The Bertz CT molecular complexity index is 622. The summed E-state index contributed by atoms with van der Waals surface area (Å²) in [6, 6.07) is 8.80. The van der Waals surface area contributed by atoms with E-state index in [1.807, 2.05) is 19.9 Å². The Balaban J connectivity index is 1.82. The number of nitrogens with two attached hydrogens (primary N) is 1.